The van der Waals surface area contributed by atoms with E-state index in [0.29, 0.717) is 25.9 Å². The maximum Gasteiger partial charge on any atom is 0.263 e. The van der Waals surface area contributed by atoms with Crippen LogP contribution in [-0.2, 0) is 4.79 Å². The minimum atomic E-state index is -0.286. The zero-order valence-electron chi connectivity index (χ0n) is 17.0. The second kappa shape index (κ2) is 9.22. The smallest absolute Gasteiger partial charge is 0.263 e. The van der Waals surface area contributed by atoms with Gasteiger partial charge in [-0.2, -0.15) is 0 Å². The summed E-state index contributed by atoms with van der Waals surface area (Å²) in [5, 5.41) is 5.14. The fraction of sp³-hybridized carbons (Fsp3) is 0.292. The van der Waals surface area contributed by atoms with Gasteiger partial charge in [0, 0.05) is 25.2 Å². The predicted octanol–water partition coefficient (Wildman–Crippen LogP) is 4.21. The van der Waals surface area contributed by atoms with Crippen molar-refractivity contribution in [3.8, 4) is 0 Å². The van der Waals surface area contributed by atoms with Gasteiger partial charge in [0.25, 0.3) is 5.91 Å². The Balaban J connectivity index is 1.45. The van der Waals surface area contributed by atoms with Crippen molar-refractivity contribution in [1.82, 2.24) is 15.2 Å². The first kappa shape index (κ1) is 20.3. The Kier molecular flexibility index (Phi) is 6.23. The molecular formula is C24H25N3O2S. The van der Waals surface area contributed by atoms with Gasteiger partial charge in [0.1, 0.15) is 0 Å². The molecule has 0 radical (unpaired) electrons. The number of hydrogen-bond acceptors (Lipinski definition) is 4. The van der Waals surface area contributed by atoms with Gasteiger partial charge in [-0.3, -0.25) is 14.6 Å². The molecule has 1 N–H and O–H groups in total. The highest BCUT2D eigenvalue weighted by molar-refractivity contribution is 7.12. The van der Waals surface area contributed by atoms with Crippen molar-refractivity contribution in [1.29, 1.82) is 0 Å². The molecule has 3 aromatic rings. The van der Waals surface area contributed by atoms with E-state index in [1.54, 1.807) is 6.20 Å². The summed E-state index contributed by atoms with van der Waals surface area (Å²) in [6, 6.07) is 17.3. The van der Waals surface area contributed by atoms with Crippen molar-refractivity contribution in [2.45, 2.75) is 25.8 Å². The van der Waals surface area contributed by atoms with Gasteiger partial charge >= 0.3 is 0 Å². The van der Waals surface area contributed by atoms with Crippen molar-refractivity contribution in [3.05, 3.63) is 87.9 Å². The number of nitrogens with one attached hydrogen (secondary N) is 1. The van der Waals surface area contributed by atoms with Crippen molar-refractivity contribution in [3.63, 3.8) is 0 Å². The van der Waals surface area contributed by atoms with Crippen LogP contribution in [0.1, 0.15) is 45.4 Å². The highest BCUT2D eigenvalue weighted by Crippen LogP contribution is 2.26. The van der Waals surface area contributed by atoms with Crippen molar-refractivity contribution in [2.24, 2.45) is 5.92 Å². The van der Waals surface area contributed by atoms with Crippen LogP contribution >= 0.6 is 11.3 Å². The highest BCUT2D eigenvalue weighted by Gasteiger charge is 2.30. The van der Waals surface area contributed by atoms with E-state index < -0.39 is 0 Å². The van der Waals surface area contributed by atoms with Gasteiger partial charge in [-0.05, 0) is 48.4 Å². The third kappa shape index (κ3) is 4.44. The van der Waals surface area contributed by atoms with Crippen molar-refractivity contribution < 1.29 is 9.59 Å². The van der Waals surface area contributed by atoms with Crippen molar-refractivity contribution >= 4 is 23.2 Å². The fourth-order valence-corrected chi connectivity index (χ4v) is 4.61. The van der Waals surface area contributed by atoms with Crippen LogP contribution in [0.5, 0.6) is 0 Å². The minimum Gasteiger partial charge on any atom is -0.343 e. The topological polar surface area (TPSA) is 62.3 Å². The number of amides is 2. The van der Waals surface area contributed by atoms with Gasteiger partial charge < -0.3 is 10.2 Å². The molecule has 4 rings (SSSR count). The SMILES string of the molecule is Cc1cccnc1C(NC(=O)C1CCN(C(=O)c2cccs2)CC1)c1ccccc1. The van der Waals surface area contributed by atoms with Crippen LogP contribution in [0.4, 0.5) is 0 Å². The third-order valence-electron chi connectivity index (χ3n) is 5.63. The number of rotatable bonds is 5. The molecule has 1 fully saturated rings. The zero-order valence-corrected chi connectivity index (χ0v) is 17.8. The number of likely N-dealkylation sites (tertiary alicyclic amines) is 1. The molecule has 30 heavy (non-hydrogen) atoms. The lowest BCUT2D eigenvalue weighted by atomic mass is 9.93. The van der Waals surface area contributed by atoms with Crippen LogP contribution in [0.3, 0.4) is 0 Å². The van der Waals surface area contributed by atoms with Crippen LogP contribution in [-0.4, -0.2) is 34.8 Å². The zero-order chi connectivity index (χ0) is 20.9. The normalized spacial score (nSPS) is 15.6. The number of carbonyl (C=O) groups is 2. The maximum absolute atomic E-state index is 13.1. The van der Waals surface area contributed by atoms with Crippen LogP contribution in [0, 0.1) is 12.8 Å². The quantitative estimate of drug-likeness (QED) is 0.674. The number of nitrogens with zero attached hydrogens (tertiary/aromatic N) is 2. The van der Waals surface area contributed by atoms with Crippen LogP contribution < -0.4 is 5.32 Å². The van der Waals surface area contributed by atoms with Crippen LogP contribution in [0.2, 0.25) is 0 Å². The first-order valence-electron chi connectivity index (χ1n) is 10.2. The van der Waals surface area contributed by atoms with E-state index in [2.05, 4.69) is 10.3 Å². The van der Waals surface area contributed by atoms with Gasteiger partial charge in [0.05, 0.1) is 16.6 Å². The summed E-state index contributed by atoms with van der Waals surface area (Å²) >= 11 is 1.46. The van der Waals surface area contributed by atoms with Gasteiger partial charge in [-0.1, -0.05) is 42.5 Å². The molecule has 5 nitrogen and oxygen atoms in total. The number of carbonyl (C=O) groups excluding carboxylic acids is 2. The number of pyridine rings is 1. The van der Waals surface area contributed by atoms with Crippen LogP contribution in [0.25, 0.3) is 0 Å². The molecule has 1 atom stereocenters. The van der Waals surface area contributed by atoms with Gasteiger partial charge in [-0.25, -0.2) is 0 Å². The van der Waals surface area contributed by atoms with E-state index in [1.807, 2.05) is 71.8 Å². The molecule has 1 unspecified atom stereocenters. The number of thiophene rings is 1. The number of hydrogen-bond donors (Lipinski definition) is 1. The molecular weight excluding hydrogens is 394 g/mol. The summed E-state index contributed by atoms with van der Waals surface area (Å²) in [5.74, 6) is -0.0140. The Morgan fingerprint density at radius 2 is 1.83 bits per heavy atom. The average molecular weight is 420 g/mol. The molecule has 0 saturated carbocycles. The summed E-state index contributed by atoms with van der Waals surface area (Å²) in [7, 11) is 0. The molecule has 0 aliphatic carbocycles. The van der Waals surface area contributed by atoms with Crippen molar-refractivity contribution in [2.75, 3.05) is 13.1 Å². The molecule has 1 aliphatic rings. The summed E-state index contributed by atoms with van der Waals surface area (Å²) in [6.45, 7) is 3.22. The molecule has 0 spiro atoms. The van der Waals surface area contributed by atoms with Gasteiger partial charge in [-0.15, -0.1) is 11.3 Å². The largest absolute Gasteiger partial charge is 0.343 e. The number of aromatic nitrogens is 1. The molecule has 1 saturated heterocycles. The summed E-state index contributed by atoms with van der Waals surface area (Å²) in [5.41, 5.74) is 2.92. The Hall–Kier alpha value is -2.99. The van der Waals surface area contributed by atoms with E-state index in [1.165, 1.54) is 11.3 Å². The number of aryl methyl sites for hydroxylation is 1. The van der Waals surface area contributed by atoms with E-state index in [9.17, 15) is 9.59 Å². The second-order valence-electron chi connectivity index (χ2n) is 7.60. The van der Waals surface area contributed by atoms with Crippen LogP contribution in [0.15, 0.2) is 66.2 Å². The third-order valence-corrected chi connectivity index (χ3v) is 6.49. The second-order valence-corrected chi connectivity index (χ2v) is 8.55. The number of benzene rings is 1. The molecule has 2 aromatic heterocycles. The monoisotopic (exact) mass is 419 g/mol. The number of piperidine rings is 1. The summed E-state index contributed by atoms with van der Waals surface area (Å²) in [4.78, 5) is 32.8. The lowest BCUT2D eigenvalue weighted by Gasteiger charge is -2.32. The first-order chi connectivity index (χ1) is 14.6. The van der Waals surface area contributed by atoms with E-state index >= 15 is 0 Å². The van der Waals surface area contributed by atoms with Gasteiger partial charge in [0.2, 0.25) is 5.91 Å². The highest BCUT2D eigenvalue weighted by atomic mass is 32.1. The Morgan fingerprint density at radius 1 is 1.07 bits per heavy atom. The molecule has 154 valence electrons. The van der Waals surface area contributed by atoms with E-state index in [-0.39, 0.29) is 23.8 Å². The fourth-order valence-electron chi connectivity index (χ4n) is 3.92. The van der Waals surface area contributed by atoms with Gasteiger partial charge in [0.15, 0.2) is 0 Å². The molecule has 2 amide bonds. The average Bonchev–Trinajstić information content (AvgIpc) is 3.33. The molecule has 6 heteroatoms. The molecule has 0 bridgehead atoms. The van der Waals surface area contributed by atoms with E-state index in [4.69, 9.17) is 0 Å². The maximum atomic E-state index is 13.1. The lowest BCUT2D eigenvalue weighted by molar-refractivity contribution is -0.126. The standard InChI is InChI=1S/C24H25N3O2S/c1-17-7-5-13-25-21(17)22(18-8-3-2-4-9-18)26-23(28)19-11-14-27(15-12-19)24(29)20-10-6-16-30-20/h2-10,13,16,19,22H,11-12,14-15H2,1H3,(H,26,28). The molecule has 1 aromatic carbocycles. The lowest BCUT2D eigenvalue weighted by Crippen LogP contribution is -2.43. The summed E-state index contributed by atoms with van der Waals surface area (Å²) in [6.07, 6.45) is 3.11. The van der Waals surface area contributed by atoms with E-state index in [0.717, 1.165) is 21.7 Å². The Morgan fingerprint density at radius 3 is 2.50 bits per heavy atom. The molecule has 3 heterocycles. The minimum absolute atomic E-state index is 0.0251. The Labute approximate surface area is 180 Å². The molecule has 1 aliphatic heterocycles. The predicted molar refractivity (Wildman–Crippen MR) is 118 cm³/mol. The first-order valence-corrected chi connectivity index (χ1v) is 11.1. The summed E-state index contributed by atoms with van der Waals surface area (Å²) < 4.78 is 0. The Bertz CT molecular complexity index is 996.